The highest BCUT2D eigenvalue weighted by Gasteiger charge is 2.45. The van der Waals surface area contributed by atoms with Gasteiger partial charge in [0, 0.05) is 36.4 Å². The smallest absolute Gasteiger partial charge is 0.394 e. The molecule has 0 bridgehead atoms. The highest BCUT2D eigenvalue weighted by molar-refractivity contribution is 5.94. The minimum atomic E-state index is -4.68. The van der Waals surface area contributed by atoms with Gasteiger partial charge in [0.25, 0.3) is 0 Å². The Morgan fingerprint density at radius 1 is 1.23 bits per heavy atom. The van der Waals surface area contributed by atoms with E-state index in [1.165, 1.54) is 23.2 Å². The van der Waals surface area contributed by atoms with Crippen molar-refractivity contribution in [1.29, 1.82) is 0 Å². The van der Waals surface area contributed by atoms with E-state index in [2.05, 4.69) is 10.3 Å². The summed E-state index contributed by atoms with van der Waals surface area (Å²) in [6.07, 6.45) is -8.50. The Bertz CT molecular complexity index is 949. The largest absolute Gasteiger partial charge is 0.418 e. The summed E-state index contributed by atoms with van der Waals surface area (Å²) in [4.78, 5) is 17.1. The third-order valence-corrected chi connectivity index (χ3v) is 5.19. The first-order valence-corrected chi connectivity index (χ1v) is 9.35. The average Bonchev–Trinajstić information content (AvgIpc) is 2.70. The van der Waals surface area contributed by atoms with E-state index in [0.717, 1.165) is 12.1 Å². The number of hydrogen-bond donors (Lipinski definition) is 3. The molecular weight excluding hydrogens is 430 g/mol. The quantitative estimate of drug-likeness (QED) is 0.623. The van der Waals surface area contributed by atoms with Crippen LogP contribution in [0.2, 0.25) is 0 Å². The van der Waals surface area contributed by atoms with Gasteiger partial charge >= 0.3 is 12.4 Å². The van der Waals surface area contributed by atoms with Crippen LogP contribution in [0.1, 0.15) is 12.0 Å². The van der Waals surface area contributed by atoms with E-state index in [9.17, 15) is 31.1 Å². The number of aliphatic hydroxyl groups excluding tert-OH is 1. The molecule has 3 rings (SSSR count). The fourth-order valence-electron chi connectivity index (χ4n) is 3.69. The maximum atomic E-state index is 13.5. The first-order valence-electron chi connectivity index (χ1n) is 9.35. The second kappa shape index (κ2) is 8.50. The number of aromatic nitrogens is 1. The molecule has 1 saturated heterocycles. The molecule has 0 spiro atoms. The van der Waals surface area contributed by atoms with Crippen LogP contribution in [0.25, 0.3) is 10.9 Å². The monoisotopic (exact) mass is 450 g/mol. The summed E-state index contributed by atoms with van der Waals surface area (Å²) in [6, 6.07) is 2.40. The van der Waals surface area contributed by atoms with Gasteiger partial charge in [0.2, 0.25) is 5.91 Å². The molecule has 3 atom stereocenters. The van der Waals surface area contributed by atoms with Crippen LogP contribution in [0.3, 0.4) is 0 Å². The molecule has 1 amide bonds. The van der Waals surface area contributed by atoms with Gasteiger partial charge in [-0.3, -0.25) is 9.78 Å². The van der Waals surface area contributed by atoms with E-state index in [1.54, 1.807) is 0 Å². The van der Waals surface area contributed by atoms with E-state index in [4.69, 9.17) is 10.8 Å². The van der Waals surface area contributed by atoms with Gasteiger partial charge in [-0.25, -0.2) is 0 Å². The molecular formula is C19H20F6N4O2. The molecule has 1 aliphatic rings. The summed E-state index contributed by atoms with van der Waals surface area (Å²) in [7, 11) is 0. The third kappa shape index (κ3) is 5.01. The van der Waals surface area contributed by atoms with Crippen molar-refractivity contribution in [2.75, 3.05) is 24.6 Å². The van der Waals surface area contributed by atoms with Crippen LogP contribution < -0.4 is 16.0 Å². The Labute approximate surface area is 173 Å². The van der Waals surface area contributed by atoms with Crippen molar-refractivity contribution in [2.24, 2.45) is 11.7 Å². The van der Waals surface area contributed by atoms with Crippen molar-refractivity contribution in [3.8, 4) is 0 Å². The lowest BCUT2D eigenvalue weighted by Crippen LogP contribution is -2.56. The summed E-state index contributed by atoms with van der Waals surface area (Å²) < 4.78 is 80.6. The van der Waals surface area contributed by atoms with Gasteiger partial charge in [-0.1, -0.05) is 0 Å². The molecule has 0 aliphatic carbocycles. The summed E-state index contributed by atoms with van der Waals surface area (Å²) >= 11 is 0. The Kier molecular flexibility index (Phi) is 6.33. The van der Waals surface area contributed by atoms with Crippen LogP contribution in [0.15, 0.2) is 30.5 Å². The molecule has 31 heavy (non-hydrogen) atoms. The van der Waals surface area contributed by atoms with Gasteiger partial charge in [0.05, 0.1) is 23.6 Å². The standard InChI is InChI=1S/C19H20F6N4O2/c20-18(21,22)10-6-11(28-17(31)14(26)9-30)8-29(7-10)15-4-3-13(19(23,24)25)16-12(15)2-1-5-27-16/h1-5,10-11,14,30H,6-9,26H2,(H,28,31)/t10-,11+,14+/m0/s1. The molecule has 0 saturated carbocycles. The number of piperidine rings is 1. The Balaban J connectivity index is 2.00. The minimum absolute atomic E-state index is 0.0530. The number of alkyl halides is 6. The summed E-state index contributed by atoms with van der Waals surface area (Å²) in [6.45, 7) is -1.25. The van der Waals surface area contributed by atoms with Crippen molar-refractivity contribution >= 4 is 22.5 Å². The predicted octanol–water partition coefficient (Wildman–Crippen LogP) is 2.45. The van der Waals surface area contributed by atoms with Crippen LogP contribution in [0.4, 0.5) is 32.0 Å². The Hall–Kier alpha value is -2.60. The molecule has 4 N–H and O–H groups in total. The third-order valence-electron chi connectivity index (χ3n) is 5.19. The van der Waals surface area contributed by atoms with Crippen molar-refractivity contribution in [3.63, 3.8) is 0 Å². The SMILES string of the molecule is N[C@H](CO)C(=O)N[C@@H]1C[C@H](C(F)(F)F)CN(c2ccc(C(F)(F)F)c3ncccc23)C1. The fourth-order valence-corrected chi connectivity index (χ4v) is 3.69. The van der Waals surface area contributed by atoms with Crippen LogP contribution in [-0.4, -0.2) is 54.0 Å². The topological polar surface area (TPSA) is 91.5 Å². The number of carbonyl (C=O) groups is 1. The number of nitrogens with one attached hydrogen (secondary N) is 1. The number of halogens is 6. The van der Waals surface area contributed by atoms with Gasteiger partial charge in [-0.2, -0.15) is 26.3 Å². The van der Waals surface area contributed by atoms with Gasteiger partial charge < -0.3 is 21.1 Å². The number of nitrogens with zero attached hydrogens (tertiary/aromatic N) is 2. The van der Waals surface area contributed by atoms with Crippen molar-refractivity contribution in [3.05, 3.63) is 36.0 Å². The lowest BCUT2D eigenvalue weighted by Gasteiger charge is -2.40. The normalized spacial score (nSPS) is 21.2. The first-order chi connectivity index (χ1) is 14.4. The second-order valence-electron chi connectivity index (χ2n) is 7.40. The molecule has 2 heterocycles. The predicted molar refractivity (Wildman–Crippen MR) is 100 cm³/mol. The average molecular weight is 450 g/mol. The summed E-state index contributed by atoms with van der Waals surface area (Å²) in [5.41, 5.74) is 4.21. The molecule has 170 valence electrons. The Morgan fingerprint density at radius 2 is 1.94 bits per heavy atom. The molecule has 1 fully saturated rings. The highest BCUT2D eigenvalue weighted by atomic mass is 19.4. The number of rotatable bonds is 4. The number of nitrogens with two attached hydrogens (primary N) is 1. The molecule has 0 radical (unpaired) electrons. The number of benzene rings is 1. The second-order valence-corrected chi connectivity index (χ2v) is 7.40. The van der Waals surface area contributed by atoms with Gasteiger partial charge in [0.1, 0.15) is 6.04 Å². The number of anilines is 1. The summed E-state index contributed by atoms with van der Waals surface area (Å²) in [5.74, 6) is -2.64. The number of carbonyl (C=O) groups excluding carboxylic acids is 1. The van der Waals surface area contributed by atoms with Gasteiger partial charge in [-0.15, -0.1) is 0 Å². The lowest BCUT2D eigenvalue weighted by molar-refractivity contribution is -0.178. The van der Waals surface area contributed by atoms with Crippen LogP contribution in [0, 0.1) is 5.92 Å². The van der Waals surface area contributed by atoms with Gasteiger partial charge in [0.15, 0.2) is 0 Å². The number of pyridine rings is 1. The van der Waals surface area contributed by atoms with Gasteiger partial charge in [-0.05, 0) is 30.7 Å². The molecule has 12 heteroatoms. The highest BCUT2D eigenvalue weighted by Crippen LogP contribution is 2.40. The zero-order chi connectivity index (χ0) is 23.0. The minimum Gasteiger partial charge on any atom is -0.394 e. The van der Waals surface area contributed by atoms with Crippen molar-refractivity contribution in [1.82, 2.24) is 10.3 Å². The zero-order valence-electron chi connectivity index (χ0n) is 16.0. The fraction of sp³-hybridized carbons (Fsp3) is 0.474. The number of fused-ring (bicyclic) bond motifs is 1. The van der Waals surface area contributed by atoms with Crippen LogP contribution >= 0.6 is 0 Å². The van der Waals surface area contributed by atoms with Crippen LogP contribution in [-0.2, 0) is 11.0 Å². The molecule has 6 nitrogen and oxygen atoms in total. The first kappa shape index (κ1) is 23.1. The lowest BCUT2D eigenvalue weighted by atomic mass is 9.92. The Morgan fingerprint density at radius 3 is 2.55 bits per heavy atom. The van der Waals surface area contributed by atoms with E-state index in [1.807, 2.05) is 0 Å². The zero-order valence-corrected chi connectivity index (χ0v) is 16.0. The van der Waals surface area contributed by atoms with E-state index >= 15 is 0 Å². The molecule has 1 aliphatic heterocycles. The number of aliphatic hydroxyl groups is 1. The molecule has 0 unspecified atom stereocenters. The summed E-state index contributed by atoms with van der Waals surface area (Å²) in [5, 5.41) is 11.4. The maximum Gasteiger partial charge on any atom is 0.418 e. The van der Waals surface area contributed by atoms with E-state index in [-0.39, 0.29) is 23.1 Å². The maximum absolute atomic E-state index is 13.5. The van der Waals surface area contributed by atoms with E-state index in [0.29, 0.717) is 0 Å². The van der Waals surface area contributed by atoms with Crippen molar-refractivity contribution < 1.29 is 36.2 Å². The molecule has 1 aromatic heterocycles. The molecule has 2 aromatic rings. The van der Waals surface area contributed by atoms with E-state index < -0.39 is 61.4 Å². The van der Waals surface area contributed by atoms with Crippen molar-refractivity contribution in [2.45, 2.75) is 30.9 Å². The number of hydrogen-bond acceptors (Lipinski definition) is 5. The number of amides is 1. The van der Waals surface area contributed by atoms with Crippen LogP contribution in [0.5, 0.6) is 0 Å². The molecule has 1 aromatic carbocycles.